The number of pyridine rings is 2. The number of nitrogens with one attached hydrogen (secondary N) is 2. The minimum Gasteiger partial charge on any atom is -0.475 e. The number of carbonyl (C=O) groups is 1. The SMILES string of the molecule is CC(C)Oc1ccc(-c2ccc(C(=O)NS(=O)(=O)c3ccn[nH]3)c(N3CCC[C@H](c4ccccc4)C3)n2)cn1. The number of sulfonamides is 1. The minimum absolute atomic E-state index is 0.000530. The van der Waals surface area contributed by atoms with Crippen LogP contribution in [0.5, 0.6) is 5.88 Å². The molecule has 1 amide bonds. The average molecular weight is 547 g/mol. The molecule has 10 nitrogen and oxygen atoms in total. The van der Waals surface area contributed by atoms with Crippen LogP contribution in [0.1, 0.15) is 48.5 Å². The third kappa shape index (κ3) is 6.09. The Morgan fingerprint density at radius 1 is 1.10 bits per heavy atom. The monoisotopic (exact) mass is 546 g/mol. The molecule has 0 spiro atoms. The second kappa shape index (κ2) is 11.2. The fraction of sp³-hybridized carbons (Fsp3) is 0.286. The van der Waals surface area contributed by atoms with Crippen molar-refractivity contribution in [3.05, 3.63) is 84.2 Å². The standard InChI is InChI=1S/C28H30N6O4S/c1-19(2)38-25-13-10-21(17-29-25)24-12-11-23(28(35)33-39(36,37)26-14-15-30-32-26)27(31-24)34-16-6-9-22(18-34)20-7-4-3-5-8-20/h3-5,7-8,10-15,17,19,22H,6,9,16,18H2,1-2H3,(H,30,32)(H,33,35)/t22-/m0/s1. The lowest BCUT2D eigenvalue weighted by atomic mass is 9.90. The fourth-order valence-corrected chi connectivity index (χ4v) is 5.54. The van der Waals surface area contributed by atoms with E-state index in [1.807, 2.05) is 38.1 Å². The highest BCUT2D eigenvalue weighted by Gasteiger charge is 2.28. The molecular weight excluding hydrogens is 516 g/mol. The molecule has 39 heavy (non-hydrogen) atoms. The Morgan fingerprint density at radius 2 is 1.92 bits per heavy atom. The van der Waals surface area contributed by atoms with E-state index < -0.39 is 15.9 Å². The first-order valence-corrected chi connectivity index (χ1v) is 14.3. The summed E-state index contributed by atoms with van der Waals surface area (Å²) >= 11 is 0. The van der Waals surface area contributed by atoms with Crippen LogP contribution in [0, 0.1) is 0 Å². The number of ether oxygens (including phenoxy) is 1. The van der Waals surface area contributed by atoms with Crippen LogP contribution < -0.4 is 14.4 Å². The van der Waals surface area contributed by atoms with Crippen LogP contribution >= 0.6 is 0 Å². The Balaban J connectivity index is 1.50. The van der Waals surface area contributed by atoms with E-state index in [0.29, 0.717) is 30.5 Å². The Hall–Kier alpha value is -4.25. The van der Waals surface area contributed by atoms with Crippen molar-refractivity contribution in [3.8, 4) is 17.1 Å². The maximum Gasteiger partial charge on any atom is 0.281 e. The molecule has 0 radical (unpaired) electrons. The van der Waals surface area contributed by atoms with Gasteiger partial charge in [0.2, 0.25) is 5.88 Å². The second-order valence-corrected chi connectivity index (χ2v) is 11.3. The normalized spacial score (nSPS) is 15.8. The van der Waals surface area contributed by atoms with Gasteiger partial charge in [-0.2, -0.15) is 13.5 Å². The number of hydrogen-bond acceptors (Lipinski definition) is 8. The van der Waals surface area contributed by atoms with Crippen LogP contribution in [-0.2, 0) is 10.0 Å². The molecule has 4 heterocycles. The van der Waals surface area contributed by atoms with Crippen molar-refractivity contribution >= 4 is 21.7 Å². The number of carbonyl (C=O) groups excluding carboxylic acids is 1. The Labute approximate surface area is 227 Å². The highest BCUT2D eigenvalue weighted by Crippen LogP contribution is 2.32. The number of amides is 1. The van der Waals surface area contributed by atoms with Gasteiger partial charge in [-0.25, -0.2) is 14.7 Å². The first-order chi connectivity index (χ1) is 18.8. The van der Waals surface area contributed by atoms with Gasteiger partial charge in [0.1, 0.15) is 5.82 Å². The molecule has 1 fully saturated rings. The van der Waals surface area contributed by atoms with Gasteiger partial charge >= 0.3 is 0 Å². The van der Waals surface area contributed by atoms with Crippen molar-refractivity contribution in [1.82, 2.24) is 24.9 Å². The minimum atomic E-state index is -4.13. The summed E-state index contributed by atoms with van der Waals surface area (Å²) in [6, 6.07) is 18.5. The lowest BCUT2D eigenvalue weighted by Gasteiger charge is -2.35. The molecule has 0 unspecified atom stereocenters. The summed E-state index contributed by atoms with van der Waals surface area (Å²) in [7, 11) is -4.13. The van der Waals surface area contributed by atoms with E-state index >= 15 is 0 Å². The molecule has 0 saturated carbocycles. The van der Waals surface area contributed by atoms with E-state index in [0.717, 1.165) is 18.4 Å². The topological polar surface area (TPSA) is 130 Å². The van der Waals surface area contributed by atoms with Gasteiger partial charge in [-0.1, -0.05) is 30.3 Å². The summed E-state index contributed by atoms with van der Waals surface area (Å²) in [5.74, 6) is 0.423. The summed E-state index contributed by atoms with van der Waals surface area (Å²) in [6.45, 7) is 5.20. The molecule has 2 N–H and O–H groups in total. The number of nitrogens with zero attached hydrogens (tertiary/aromatic N) is 4. The van der Waals surface area contributed by atoms with E-state index in [1.165, 1.54) is 17.8 Å². The molecule has 5 rings (SSSR count). The van der Waals surface area contributed by atoms with Crippen molar-refractivity contribution in [2.45, 2.75) is 43.7 Å². The second-order valence-electron chi connectivity index (χ2n) is 9.67. The van der Waals surface area contributed by atoms with E-state index in [9.17, 15) is 13.2 Å². The lowest BCUT2D eigenvalue weighted by molar-refractivity contribution is 0.0981. The van der Waals surface area contributed by atoms with Gasteiger partial charge < -0.3 is 9.64 Å². The first-order valence-electron chi connectivity index (χ1n) is 12.8. The summed E-state index contributed by atoms with van der Waals surface area (Å²) in [5.41, 5.74) is 2.75. The van der Waals surface area contributed by atoms with Gasteiger partial charge in [-0.3, -0.25) is 9.89 Å². The zero-order valence-electron chi connectivity index (χ0n) is 21.7. The summed E-state index contributed by atoms with van der Waals surface area (Å²) in [5, 5.41) is 5.86. The van der Waals surface area contributed by atoms with Crippen molar-refractivity contribution in [3.63, 3.8) is 0 Å². The number of aromatic amines is 1. The van der Waals surface area contributed by atoms with E-state index in [2.05, 4.69) is 36.9 Å². The third-order valence-electron chi connectivity index (χ3n) is 6.49. The predicted molar refractivity (Wildman–Crippen MR) is 147 cm³/mol. The zero-order valence-corrected chi connectivity index (χ0v) is 22.6. The Morgan fingerprint density at radius 3 is 2.62 bits per heavy atom. The van der Waals surface area contributed by atoms with E-state index in [-0.39, 0.29) is 22.6 Å². The van der Waals surface area contributed by atoms with E-state index in [4.69, 9.17) is 9.72 Å². The van der Waals surface area contributed by atoms with Crippen LogP contribution in [0.3, 0.4) is 0 Å². The fourth-order valence-electron chi connectivity index (χ4n) is 4.66. The number of rotatable bonds is 8. The number of hydrogen-bond donors (Lipinski definition) is 2. The van der Waals surface area contributed by atoms with Crippen LogP contribution in [-0.4, -0.2) is 53.7 Å². The van der Waals surface area contributed by atoms with Crippen LogP contribution in [0.4, 0.5) is 5.82 Å². The van der Waals surface area contributed by atoms with Gasteiger partial charge in [-0.15, -0.1) is 0 Å². The molecule has 1 aliphatic heterocycles. The van der Waals surface area contributed by atoms with Crippen LogP contribution in [0.15, 0.2) is 78.1 Å². The average Bonchev–Trinajstić information content (AvgIpc) is 3.50. The molecule has 3 aromatic heterocycles. The highest BCUT2D eigenvalue weighted by molar-refractivity contribution is 7.90. The smallest absolute Gasteiger partial charge is 0.281 e. The third-order valence-corrected chi connectivity index (χ3v) is 7.75. The molecule has 0 aliphatic carbocycles. The summed E-state index contributed by atoms with van der Waals surface area (Å²) in [4.78, 5) is 24.7. The molecule has 4 aromatic rings. The maximum atomic E-state index is 13.3. The largest absolute Gasteiger partial charge is 0.475 e. The molecule has 1 aromatic carbocycles. The molecule has 202 valence electrons. The van der Waals surface area contributed by atoms with Crippen LogP contribution in [0.25, 0.3) is 11.3 Å². The molecule has 0 bridgehead atoms. The molecule has 1 atom stereocenters. The first kappa shape index (κ1) is 26.4. The van der Waals surface area contributed by atoms with Crippen molar-refractivity contribution < 1.29 is 17.9 Å². The van der Waals surface area contributed by atoms with Crippen molar-refractivity contribution in [2.24, 2.45) is 0 Å². The molecular formula is C28H30N6O4S. The number of H-pyrrole nitrogens is 1. The van der Waals surface area contributed by atoms with Gasteiger partial charge in [-0.05, 0) is 56.5 Å². The van der Waals surface area contributed by atoms with Gasteiger partial charge in [0, 0.05) is 36.8 Å². The van der Waals surface area contributed by atoms with Gasteiger partial charge in [0.15, 0.2) is 5.03 Å². The molecule has 11 heteroatoms. The number of anilines is 1. The zero-order chi connectivity index (χ0) is 27.4. The maximum absolute atomic E-state index is 13.3. The van der Waals surface area contributed by atoms with Crippen LogP contribution in [0.2, 0.25) is 0 Å². The Kier molecular flexibility index (Phi) is 7.60. The summed E-state index contributed by atoms with van der Waals surface area (Å²) in [6.07, 6.45) is 4.90. The lowest BCUT2D eigenvalue weighted by Crippen LogP contribution is -2.38. The van der Waals surface area contributed by atoms with E-state index in [1.54, 1.807) is 24.4 Å². The quantitative estimate of drug-likeness (QED) is 0.337. The van der Waals surface area contributed by atoms with Gasteiger partial charge in [0.05, 0.1) is 23.6 Å². The Bertz CT molecular complexity index is 1520. The number of benzene rings is 1. The summed E-state index contributed by atoms with van der Waals surface area (Å²) < 4.78 is 33.3. The van der Waals surface area contributed by atoms with Crippen molar-refractivity contribution in [2.75, 3.05) is 18.0 Å². The number of piperidine rings is 1. The van der Waals surface area contributed by atoms with Crippen molar-refractivity contribution in [1.29, 1.82) is 0 Å². The molecule has 1 aliphatic rings. The highest BCUT2D eigenvalue weighted by atomic mass is 32.2. The predicted octanol–water partition coefficient (Wildman–Crippen LogP) is 4.16. The van der Waals surface area contributed by atoms with Gasteiger partial charge in [0.25, 0.3) is 15.9 Å². The number of aromatic nitrogens is 4. The molecule has 1 saturated heterocycles.